The van der Waals surface area contributed by atoms with Gasteiger partial charge in [0.05, 0.1) is 23.2 Å². The van der Waals surface area contributed by atoms with Gasteiger partial charge in [-0.05, 0) is 66.4 Å². The van der Waals surface area contributed by atoms with Crippen molar-refractivity contribution in [1.82, 2.24) is 10.0 Å². The van der Waals surface area contributed by atoms with Crippen LogP contribution in [0.3, 0.4) is 0 Å². The van der Waals surface area contributed by atoms with Gasteiger partial charge in [-0.3, -0.25) is 4.79 Å². The molecule has 8 heteroatoms. The van der Waals surface area contributed by atoms with Crippen LogP contribution in [0.25, 0.3) is 6.08 Å². The van der Waals surface area contributed by atoms with Crippen LogP contribution in [0.15, 0.2) is 82.3 Å². The molecule has 1 aromatic heterocycles. The van der Waals surface area contributed by atoms with Crippen molar-refractivity contribution in [2.75, 3.05) is 0 Å². The third-order valence-electron chi connectivity index (χ3n) is 5.85. The number of nitrogens with one attached hydrogen (secondary N) is 2. The van der Waals surface area contributed by atoms with Crippen molar-refractivity contribution in [2.24, 2.45) is 0 Å². The van der Waals surface area contributed by atoms with Gasteiger partial charge in [0, 0.05) is 6.08 Å². The molecule has 0 aliphatic heterocycles. The van der Waals surface area contributed by atoms with E-state index < -0.39 is 15.6 Å². The van der Waals surface area contributed by atoms with Crippen LogP contribution in [-0.4, -0.2) is 14.3 Å². The Morgan fingerprint density at radius 1 is 1.03 bits per heavy atom. The molecule has 0 bridgehead atoms. The van der Waals surface area contributed by atoms with Crippen LogP contribution in [-0.2, 0) is 26.9 Å². The quantitative estimate of drug-likeness (QED) is 0.477. The molecule has 1 saturated carbocycles. The Labute approximate surface area is 192 Å². The second-order valence-electron chi connectivity index (χ2n) is 8.09. The highest BCUT2D eigenvalue weighted by atomic mass is 32.2. The number of carbonyl (C=O) groups excluding carboxylic acids is 1. The number of hydrogen-bond donors (Lipinski definition) is 2. The lowest BCUT2D eigenvalue weighted by Crippen LogP contribution is -2.43. The number of sulfonamides is 1. The standard InChI is InChI=1S/C25H25FN2O4S/c26-21-10-8-20(9-11-21)25(15-1-2-16-25)28-24(29)14-7-19-5-12-23(13-6-19)33(30,31)27-18-22-4-3-17-32-22/h3-14,17,27H,1-2,15-16,18H2,(H,28,29)/b14-7+. The molecule has 1 heterocycles. The predicted octanol–water partition coefficient (Wildman–Crippen LogP) is 4.50. The van der Waals surface area contributed by atoms with E-state index in [9.17, 15) is 17.6 Å². The summed E-state index contributed by atoms with van der Waals surface area (Å²) in [6.45, 7) is 0.0625. The molecule has 1 aliphatic carbocycles. The van der Waals surface area contributed by atoms with Crippen LogP contribution in [0, 0.1) is 5.82 Å². The van der Waals surface area contributed by atoms with Gasteiger partial charge in [0.2, 0.25) is 15.9 Å². The molecule has 3 aromatic rings. The lowest BCUT2D eigenvalue weighted by atomic mass is 9.88. The van der Waals surface area contributed by atoms with Crippen LogP contribution in [0.4, 0.5) is 4.39 Å². The molecular formula is C25H25FN2O4S. The van der Waals surface area contributed by atoms with Gasteiger partial charge in [0.1, 0.15) is 11.6 Å². The maximum atomic E-state index is 13.3. The van der Waals surface area contributed by atoms with Crippen LogP contribution >= 0.6 is 0 Å². The van der Waals surface area contributed by atoms with Gasteiger partial charge in [0.15, 0.2) is 0 Å². The third-order valence-corrected chi connectivity index (χ3v) is 7.27. The van der Waals surface area contributed by atoms with Crippen LogP contribution < -0.4 is 10.0 Å². The van der Waals surface area contributed by atoms with Crippen molar-refractivity contribution >= 4 is 22.0 Å². The number of benzene rings is 2. The summed E-state index contributed by atoms with van der Waals surface area (Å²) in [5, 5.41) is 3.10. The number of hydrogen-bond acceptors (Lipinski definition) is 4. The van der Waals surface area contributed by atoms with Gasteiger partial charge in [0.25, 0.3) is 0 Å². The van der Waals surface area contributed by atoms with E-state index in [2.05, 4.69) is 10.0 Å². The fourth-order valence-electron chi connectivity index (χ4n) is 4.10. The first-order chi connectivity index (χ1) is 15.9. The van der Waals surface area contributed by atoms with Crippen molar-refractivity contribution in [3.8, 4) is 0 Å². The molecule has 0 atom stereocenters. The fraction of sp³-hybridized carbons (Fsp3) is 0.240. The molecule has 4 rings (SSSR count). The first-order valence-electron chi connectivity index (χ1n) is 10.7. The van der Waals surface area contributed by atoms with Crippen molar-refractivity contribution in [1.29, 1.82) is 0 Å². The highest BCUT2D eigenvalue weighted by molar-refractivity contribution is 7.89. The Hall–Kier alpha value is -3.23. The average Bonchev–Trinajstić information content (AvgIpc) is 3.50. The van der Waals surface area contributed by atoms with Crippen molar-refractivity contribution < 1.29 is 22.0 Å². The topological polar surface area (TPSA) is 88.4 Å². The molecule has 6 nitrogen and oxygen atoms in total. The smallest absolute Gasteiger partial charge is 0.244 e. The number of rotatable bonds is 8. The molecule has 1 amide bonds. The van der Waals surface area contributed by atoms with E-state index >= 15 is 0 Å². The molecule has 1 aliphatic rings. The highest BCUT2D eigenvalue weighted by Gasteiger charge is 2.36. The Bertz CT molecular complexity index is 1210. The zero-order chi connectivity index (χ0) is 23.3. The van der Waals surface area contributed by atoms with Gasteiger partial charge in [-0.25, -0.2) is 17.5 Å². The zero-order valence-corrected chi connectivity index (χ0v) is 18.8. The summed E-state index contributed by atoms with van der Waals surface area (Å²) in [6, 6.07) is 15.9. The van der Waals surface area contributed by atoms with Gasteiger partial charge >= 0.3 is 0 Å². The van der Waals surface area contributed by atoms with Gasteiger partial charge in [-0.1, -0.05) is 37.1 Å². The van der Waals surface area contributed by atoms with E-state index in [0.717, 1.165) is 31.2 Å². The first-order valence-corrected chi connectivity index (χ1v) is 12.2. The van der Waals surface area contributed by atoms with E-state index in [-0.39, 0.29) is 23.2 Å². The molecule has 0 spiro atoms. The van der Waals surface area contributed by atoms with E-state index in [0.29, 0.717) is 11.3 Å². The summed E-state index contributed by atoms with van der Waals surface area (Å²) < 4.78 is 45.8. The minimum atomic E-state index is -3.68. The highest BCUT2D eigenvalue weighted by Crippen LogP contribution is 2.38. The summed E-state index contributed by atoms with van der Waals surface area (Å²) in [4.78, 5) is 12.8. The van der Waals surface area contributed by atoms with Gasteiger partial charge < -0.3 is 9.73 Å². The molecule has 0 unspecified atom stereocenters. The lowest BCUT2D eigenvalue weighted by molar-refractivity contribution is -0.118. The molecule has 1 fully saturated rings. The van der Waals surface area contributed by atoms with Crippen LogP contribution in [0.2, 0.25) is 0 Å². The fourth-order valence-corrected chi connectivity index (χ4v) is 5.10. The summed E-state index contributed by atoms with van der Waals surface area (Å²) in [5.41, 5.74) is 1.10. The molecular weight excluding hydrogens is 443 g/mol. The summed E-state index contributed by atoms with van der Waals surface area (Å²) in [7, 11) is -3.68. The molecule has 0 saturated heterocycles. The largest absolute Gasteiger partial charge is 0.468 e. The normalized spacial score (nSPS) is 15.7. The summed E-state index contributed by atoms with van der Waals surface area (Å²) >= 11 is 0. The van der Waals surface area contributed by atoms with E-state index in [1.54, 1.807) is 42.5 Å². The maximum Gasteiger partial charge on any atom is 0.244 e. The molecule has 33 heavy (non-hydrogen) atoms. The lowest BCUT2D eigenvalue weighted by Gasteiger charge is -2.30. The molecule has 2 N–H and O–H groups in total. The van der Waals surface area contributed by atoms with Crippen LogP contribution in [0.5, 0.6) is 0 Å². The third kappa shape index (κ3) is 5.58. The van der Waals surface area contributed by atoms with Gasteiger partial charge in [-0.15, -0.1) is 0 Å². The molecule has 0 radical (unpaired) electrons. The van der Waals surface area contributed by atoms with Crippen molar-refractivity contribution in [2.45, 2.75) is 42.7 Å². The van der Waals surface area contributed by atoms with Crippen molar-refractivity contribution in [3.05, 3.63) is 95.7 Å². The van der Waals surface area contributed by atoms with E-state index in [1.807, 2.05) is 0 Å². The number of amides is 1. The minimum Gasteiger partial charge on any atom is -0.468 e. The summed E-state index contributed by atoms with van der Waals surface area (Å²) in [5.74, 6) is -0.0393. The van der Waals surface area contributed by atoms with Crippen LogP contribution in [0.1, 0.15) is 42.6 Å². The predicted molar refractivity (Wildman–Crippen MR) is 123 cm³/mol. The SMILES string of the molecule is O=C(/C=C/c1ccc(S(=O)(=O)NCc2ccco2)cc1)NC1(c2ccc(F)cc2)CCCC1. The first kappa shape index (κ1) is 22.9. The molecule has 2 aromatic carbocycles. The zero-order valence-electron chi connectivity index (χ0n) is 18.0. The summed E-state index contributed by atoms with van der Waals surface area (Å²) in [6.07, 6.45) is 8.13. The number of halogens is 1. The van der Waals surface area contributed by atoms with Crippen molar-refractivity contribution in [3.63, 3.8) is 0 Å². The number of carbonyl (C=O) groups is 1. The average molecular weight is 469 g/mol. The Morgan fingerprint density at radius 2 is 1.73 bits per heavy atom. The second kappa shape index (κ2) is 9.72. The Morgan fingerprint density at radius 3 is 2.36 bits per heavy atom. The van der Waals surface area contributed by atoms with Gasteiger partial charge in [-0.2, -0.15) is 0 Å². The monoisotopic (exact) mass is 468 g/mol. The maximum absolute atomic E-state index is 13.3. The second-order valence-corrected chi connectivity index (χ2v) is 9.86. The Balaban J connectivity index is 1.40. The minimum absolute atomic E-state index is 0.0625. The van der Waals surface area contributed by atoms with E-state index in [1.165, 1.54) is 36.6 Å². The number of furan rings is 1. The molecule has 172 valence electrons. The van der Waals surface area contributed by atoms with E-state index in [4.69, 9.17) is 4.42 Å². The Kier molecular flexibility index (Phi) is 6.76.